The molecule has 1 aromatic rings. The normalized spacial score (nSPS) is 12.4. The number of rotatable bonds is 6. The van der Waals surface area contributed by atoms with Crippen LogP contribution in [0.3, 0.4) is 0 Å². The molecule has 1 atom stereocenters. The summed E-state index contributed by atoms with van der Waals surface area (Å²) in [5, 5.41) is 11.3. The summed E-state index contributed by atoms with van der Waals surface area (Å²) in [5.41, 5.74) is 5.82. The summed E-state index contributed by atoms with van der Waals surface area (Å²) < 4.78 is 25.8. The number of aliphatic carboxylic acids is 1. The predicted molar refractivity (Wildman–Crippen MR) is 58.3 cm³/mol. The number of hydrogen-bond acceptors (Lipinski definition) is 3. The Morgan fingerprint density at radius 1 is 1.47 bits per heavy atom. The van der Waals surface area contributed by atoms with Crippen molar-refractivity contribution >= 4 is 5.97 Å². The molecule has 0 aliphatic rings. The molecule has 0 aromatic heterocycles. The third-order valence-electron chi connectivity index (χ3n) is 2.17. The molecule has 1 unspecified atom stereocenters. The van der Waals surface area contributed by atoms with Crippen molar-refractivity contribution in [2.75, 3.05) is 6.54 Å². The first kappa shape index (κ1) is 13.5. The van der Waals surface area contributed by atoms with Crippen molar-refractivity contribution < 1.29 is 18.7 Å². The highest BCUT2D eigenvalue weighted by atomic mass is 19.1. The second kappa shape index (κ2) is 6.27. The largest absolute Gasteiger partial charge is 0.481 e. The molecule has 0 bridgehead atoms. The van der Waals surface area contributed by atoms with Gasteiger partial charge in [-0.3, -0.25) is 4.79 Å². The van der Waals surface area contributed by atoms with Crippen molar-refractivity contribution in [1.82, 2.24) is 5.32 Å². The minimum atomic E-state index is -0.979. The van der Waals surface area contributed by atoms with Crippen molar-refractivity contribution in [1.29, 1.82) is 0 Å². The van der Waals surface area contributed by atoms with Crippen LogP contribution in [0.2, 0.25) is 0 Å². The Bertz CT molecular complexity index is 399. The van der Waals surface area contributed by atoms with Crippen LogP contribution in [-0.4, -0.2) is 23.7 Å². The van der Waals surface area contributed by atoms with Gasteiger partial charge in [0, 0.05) is 30.8 Å². The van der Waals surface area contributed by atoms with Gasteiger partial charge in [-0.25, -0.2) is 8.78 Å². The van der Waals surface area contributed by atoms with E-state index in [0.29, 0.717) is 5.56 Å². The summed E-state index contributed by atoms with van der Waals surface area (Å²) in [6.45, 7) is 0.433. The third kappa shape index (κ3) is 4.88. The van der Waals surface area contributed by atoms with Crippen molar-refractivity contribution in [3.8, 4) is 0 Å². The number of nitrogens with two attached hydrogens (primary N) is 1. The summed E-state index contributed by atoms with van der Waals surface area (Å²) >= 11 is 0. The zero-order chi connectivity index (χ0) is 12.8. The molecular weight excluding hydrogens is 230 g/mol. The quantitative estimate of drug-likeness (QED) is 0.693. The molecule has 0 saturated carbocycles. The van der Waals surface area contributed by atoms with Gasteiger partial charge in [-0.1, -0.05) is 6.07 Å². The number of halogens is 2. The van der Waals surface area contributed by atoms with Gasteiger partial charge < -0.3 is 16.2 Å². The summed E-state index contributed by atoms with van der Waals surface area (Å²) in [5.74, 6) is -2.25. The topological polar surface area (TPSA) is 75.3 Å². The minimum Gasteiger partial charge on any atom is -0.481 e. The van der Waals surface area contributed by atoms with E-state index in [1.807, 2.05) is 0 Å². The Hall–Kier alpha value is -1.53. The van der Waals surface area contributed by atoms with Gasteiger partial charge in [0.15, 0.2) is 0 Å². The first-order valence-electron chi connectivity index (χ1n) is 5.11. The number of carboxylic acids is 1. The molecule has 6 heteroatoms. The highest BCUT2D eigenvalue weighted by molar-refractivity contribution is 5.67. The molecule has 0 radical (unpaired) electrons. The SMILES string of the molecule is NC(CNCc1ccc(F)cc1F)CC(=O)O. The van der Waals surface area contributed by atoms with Crippen molar-refractivity contribution in [3.63, 3.8) is 0 Å². The average Bonchev–Trinajstić information content (AvgIpc) is 2.20. The minimum absolute atomic E-state index is 0.154. The molecule has 1 rings (SSSR count). The van der Waals surface area contributed by atoms with Crippen LogP contribution in [0, 0.1) is 11.6 Å². The van der Waals surface area contributed by atoms with Crippen LogP contribution in [0.15, 0.2) is 18.2 Å². The fourth-order valence-electron chi connectivity index (χ4n) is 1.35. The third-order valence-corrected chi connectivity index (χ3v) is 2.17. The van der Waals surface area contributed by atoms with E-state index in [9.17, 15) is 13.6 Å². The second-order valence-electron chi connectivity index (χ2n) is 3.72. The molecule has 4 nitrogen and oxygen atoms in total. The lowest BCUT2D eigenvalue weighted by molar-refractivity contribution is -0.137. The Morgan fingerprint density at radius 2 is 2.18 bits per heavy atom. The maximum Gasteiger partial charge on any atom is 0.304 e. The van der Waals surface area contributed by atoms with Crippen LogP contribution in [0.5, 0.6) is 0 Å². The maximum atomic E-state index is 13.2. The van der Waals surface area contributed by atoms with E-state index in [4.69, 9.17) is 10.8 Å². The van der Waals surface area contributed by atoms with Gasteiger partial charge in [0.25, 0.3) is 0 Å². The standard InChI is InChI=1S/C11H14F2N2O2/c12-8-2-1-7(10(13)3-8)5-15-6-9(14)4-11(16)17/h1-3,9,15H,4-6,14H2,(H,16,17). The van der Waals surface area contributed by atoms with Crippen molar-refractivity contribution in [2.24, 2.45) is 5.73 Å². The molecule has 4 N–H and O–H groups in total. The van der Waals surface area contributed by atoms with Crippen LogP contribution in [0.1, 0.15) is 12.0 Å². The lowest BCUT2D eigenvalue weighted by Gasteiger charge is -2.10. The molecule has 94 valence electrons. The van der Waals surface area contributed by atoms with E-state index in [2.05, 4.69) is 5.32 Å². The van der Waals surface area contributed by atoms with Crippen LogP contribution in [0.4, 0.5) is 8.78 Å². The number of nitrogens with one attached hydrogen (secondary N) is 1. The highest BCUT2D eigenvalue weighted by Crippen LogP contribution is 2.08. The van der Waals surface area contributed by atoms with E-state index in [1.54, 1.807) is 0 Å². The van der Waals surface area contributed by atoms with E-state index in [1.165, 1.54) is 6.07 Å². The van der Waals surface area contributed by atoms with E-state index in [-0.39, 0.29) is 19.5 Å². The molecule has 0 aliphatic carbocycles. The number of carboxylic acid groups (broad SMARTS) is 1. The maximum absolute atomic E-state index is 13.2. The number of benzene rings is 1. The predicted octanol–water partition coefficient (Wildman–Crippen LogP) is 0.856. The van der Waals surface area contributed by atoms with Crippen LogP contribution >= 0.6 is 0 Å². The van der Waals surface area contributed by atoms with Crippen LogP contribution < -0.4 is 11.1 Å². The molecular formula is C11H14F2N2O2. The second-order valence-corrected chi connectivity index (χ2v) is 3.72. The fraction of sp³-hybridized carbons (Fsp3) is 0.364. The van der Waals surface area contributed by atoms with Gasteiger partial charge in [0.05, 0.1) is 6.42 Å². The van der Waals surface area contributed by atoms with Gasteiger partial charge in [0.1, 0.15) is 11.6 Å². The molecule has 0 aliphatic heterocycles. The van der Waals surface area contributed by atoms with Crippen molar-refractivity contribution in [2.45, 2.75) is 19.0 Å². The van der Waals surface area contributed by atoms with Gasteiger partial charge in [0.2, 0.25) is 0 Å². The van der Waals surface area contributed by atoms with Gasteiger partial charge in [-0.2, -0.15) is 0 Å². The average molecular weight is 244 g/mol. The first-order chi connectivity index (χ1) is 7.99. The zero-order valence-corrected chi connectivity index (χ0v) is 9.12. The molecule has 1 aromatic carbocycles. The van der Waals surface area contributed by atoms with E-state index >= 15 is 0 Å². The molecule has 0 saturated heterocycles. The van der Waals surface area contributed by atoms with Gasteiger partial charge in [-0.15, -0.1) is 0 Å². The highest BCUT2D eigenvalue weighted by Gasteiger charge is 2.08. The lowest BCUT2D eigenvalue weighted by atomic mass is 10.2. The Balaban J connectivity index is 2.38. The van der Waals surface area contributed by atoms with Crippen LogP contribution in [0.25, 0.3) is 0 Å². The Kier molecular flexibility index (Phi) is 4.99. The molecule has 0 fully saturated rings. The fourth-order valence-corrected chi connectivity index (χ4v) is 1.35. The Labute approximate surface area is 97.4 Å². The first-order valence-corrected chi connectivity index (χ1v) is 5.11. The van der Waals surface area contributed by atoms with E-state index in [0.717, 1.165) is 12.1 Å². The number of carbonyl (C=O) groups is 1. The summed E-state index contributed by atoms with van der Waals surface area (Å²) in [6.07, 6.45) is -0.154. The molecule has 0 amide bonds. The van der Waals surface area contributed by atoms with Gasteiger partial charge >= 0.3 is 5.97 Å². The molecule has 0 heterocycles. The monoisotopic (exact) mass is 244 g/mol. The number of hydrogen-bond donors (Lipinski definition) is 3. The molecule has 0 spiro atoms. The molecule has 17 heavy (non-hydrogen) atoms. The summed E-state index contributed by atoms with van der Waals surface area (Å²) in [6, 6.07) is 2.77. The smallest absolute Gasteiger partial charge is 0.304 e. The van der Waals surface area contributed by atoms with Crippen LogP contribution in [-0.2, 0) is 11.3 Å². The Morgan fingerprint density at radius 3 is 2.76 bits per heavy atom. The van der Waals surface area contributed by atoms with Gasteiger partial charge in [-0.05, 0) is 6.07 Å². The van der Waals surface area contributed by atoms with E-state index < -0.39 is 23.6 Å². The summed E-state index contributed by atoms with van der Waals surface area (Å²) in [7, 11) is 0. The lowest BCUT2D eigenvalue weighted by Crippen LogP contribution is -2.35. The summed E-state index contributed by atoms with van der Waals surface area (Å²) in [4.78, 5) is 10.3. The van der Waals surface area contributed by atoms with Crippen molar-refractivity contribution in [3.05, 3.63) is 35.4 Å². The zero-order valence-electron chi connectivity index (χ0n) is 9.12.